The van der Waals surface area contributed by atoms with Gasteiger partial charge in [0.15, 0.2) is 0 Å². The number of benzene rings is 2. The predicted octanol–water partition coefficient (Wildman–Crippen LogP) is 3.85. The van der Waals surface area contributed by atoms with Crippen LogP contribution in [-0.4, -0.2) is 17.1 Å². The number of nitro groups is 1. The topological polar surface area (TPSA) is 72.2 Å². The van der Waals surface area contributed by atoms with Gasteiger partial charge in [0.1, 0.15) is 22.9 Å². The highest BCUT2D eigenvalue weighted by Gasteiger charge is 2.22. The Balaban J connectivity index is 2.43. The van der Waals surface area contributed by atoms with Gasteiger partial charge in [0, 0.05) is 11.0 Å². The van der Waals surface area contributed by atoms with E-state index in [1.807, 2.05) is 5.32 Å². The quantitative estimate of drug-likeness (QED) is 0.527. The zero-order valence-electron chi connectivity index (χ0n) is 11.3. The maximum atomic E-state index is 13.5. The minimum Gasteiger partial charge on any atom is -0.317 e. The molecule has 0 unspecified atom stereocenters. The molecule has 0 bridgehead atoms. The molecule has 0 aliphatic heterocycles. The molecule has 0 aliphatic carbocycles. The SMILES string of the molecule is CSc1ccc([N+](=O)[O-])c(C(=O)Nc2c(F)cccc2F)c1. The average molecular weight is 324 g/mol. The third-order valence-corrected chi connectivity index (χ3v) is 3.57. The Morgan fingerprint density at radius 1 is 1.23 bits per heavy atom. The maximum absolute atomic E-state index is 13.5. The number of anilines is 1. The molecule has 114 valence electrons. The summed E-state index contributed by atoms with van der Waals surface area (Å²) in [5.41, 5.74) is -1.34. The molecule has 2 aromatic carbocycles. The van der Waals surface area contributed by atoms with E-state index in [4.69, 9.17) is 0 Å². The molecule has 0 aliphatic rings. The fraction of sp³-hybridized carbons (Fsp3) is 0.0714. The van der Waals surface area contributed by atoms with Crippen molar-refractivity contribution in [3.63, 3.8) is 0 Å². The lowest BCUT2D eigenvalue weighted by Gasteiger charge is -2.08. The van der Waals surface area contributed by atoms with Crippen LogP contribution in [0, 0.1) is 21.7 Å². The van der Waals surface area contributed by atoms with Gasteiger partial charge < -0.3 is 5.32 Å². The molecule has 1 N–H and O–H groups in total. The number of carbonyl (C=O) groups is 1. The molecule has 0 saturated heterocycles. The van der Waals surface area contributed by atoms with E-state index in [2.05, 4.69) is 0 Å². The highest BCUT2D eigenvalue weighted by Crippen LogP contribution is 2.26. The van der Waals surface area contributed by atoms with Gasteiger partial charge in [0.2, 0.25) is 0 Å². The number of para-hydroxylation sites is 1. The van der Waals surface area contributed by atoms with Crippen molar-refractivity contribution < 1.29 is 18.5 Å². The van der Waals surface area contributed by atoms with E-state index in [-0.39, 0.29) is 5.56 Å². The van der Waals surface area contributed by atoms with Gasteiger partial charge in [-0.2, -0.15) is 0 Å². The van der Waals surface area contributed by atoms with E-state index in [9.17, 15) is 23.7 Å². The summed E-state index contributed by atoms with van der Waals surface area (Å²) in [6.45, 7) is 0. The van der Waals surface area contributed by atoms with Gasteiger partial charge in [-0.15, -0.1) is 11.8 Å². The Morgan fingerprint density at radius 2 is 1.86 bits per heavy atom. The molecule has 0 saturated carbocycles. The van der Waals surface area contributed by atoms with Crippen LogP contribution >= 0.6 is 11.8 Å². The van der Waals surface area contributed by atoms with E-state index >= 15 is 0 Å². The number of rotatable bonds is 4. The molecule has 1 amide bonds. The van der Waals surface area contributed by atoms with Crippen molar-refractivity contribution in [2.45, 2.75) is 4.90 Å². The summed E-state index contributed by atoms with van der Waals surface area (Å²) in [6.07, 6.45) is 1.74. The molecular formula is C14H10F2N2O3S. The molecule has 0 fully saturated rings. The number of carbonyl (C=O) groups excluding carboxylic acids is 1. The average Bonchev–Trinajstić information content (AvgIpc) is 2.50. The second-order valence-corrected chi connectivity index (χ2v) is 5.07. The van der Waals surface area contributed by atoms with Crippen LogP contribution < -0.4 is 5.32 Å². The molecule has 2 rings (SSSR count). The molecule has 0 spiro atoms. The number of nitro benzene ring substituents is 1. The number of hydrogen-bond donors (Lipinski definition) is 1. The summed E-state index contributed by atoms with van der Waals surface area (Å²) in [5, 5.41) is 13.0. The van der Waals surface area contributed by atoms with Crippen molar-refractivity contribution in [2.75, 3.05) is 11.6 Å². The zero-order valence-corrected chi connectivity index (χ0v) is 12.1. The number of amides is 1. The van der Waals surface area contributed by atoms with Crippen molar-refractivity contribution in [1.29, 1.82) is 0 Å². The van der Waals surface area contributed by atoms with Crippen LogP contribution in [0.4, 0.5) is 20.2 Å². The summed E-state index contributed by atoms with van der Waals surface area (Å²) in [4.78, 5) is 23.0. The first kappa shape index (κ1) is 15.9. The standard InChI is InChI=1S/C14H10F2N2O3S/c1-22-8-5-6-12(18(20)21)9(7-8)14(19)17-13-10(15)3-2-4-11(13)16/h2-7H,1H3,(H,17,19). The molecule has 0 aromatic heterocycles. The van der Waals surface area contributed by atoms with E-state index in [0.29, 0.717) is 4.90 Å². The van der Waals surface area contributed by atoms with E-state index < -0.39 is 33.8 Å². The predicted molar refractivity (Wildman–Crippen MR) is 79.2 cm³/mol. The molecule has 0 heterocycles. The third kappa shape index (κ3) is 3.22. The van der Waals surface area contributed by atoms with E-state index in [0.717, 1.165) is 18.2 Å². The summed E-state index contributed by atoms with van der Waals surface area (Å²) in [5.74, 6) is -2.87. The van der Waals surface area contributed by atoms with Gasteiger partial charge in [0.05, 0.1) is 4.92 Å². The number of nitrogens with one attached hydrogen (secondary N) is 1. The van der Waals surface area contributed by atoms with Crippen LogP contribution in [0.15, 0.2) is 41.3 Å². The van der Waals surface area contributed by atoms with Crippen LogP contribution in [0.2, 0.25) is 0 Å². The molecule has 22 heavy (non-hydrogen) atoms. The Hall–Kier alpha value is -2.48. The zero-order chi connectivity index (χ0) is 16.3. The maximum Gasteiger partial charge on any atom is 0.282 e. The number of thioether (sulfide) groups is 1. The lowest BCUT2D eigenvalue weighted by molar-refractivity contribution is -0.385. The summed E-state index contributed by atoms with van der Waals surface area (Å²) in [6, 6.07) is 7.08. The van der Waals surface area contributed by atoms with Gasteiger partial charge in [-0.25, -0.2) is 8.78 Å². The molecule has 0 radical (unpaired) electrons. The van der Waals surface area contributed by atoms with Crippen molar-refractivity contribution in [1.82, 2.24) is 0 Å². The molecule has 8 heteroatoms. The van der Waals surface area contributed by atoms with Crippen molar-refractivity contribution >= 4 is 29.0 Å². The molecule has 5 nitrogen and oxygen atoms in total. The first-order chi connectivity index (χ1) is 10.4. The van der Waals surface area contributed by atoms with Crippen LogP contribution in [0.25, 0.3) is 0 Å². The van der Waals surface area contributed by atoms with Crippen LogP contribution in [0.3, 0.4) is 0 Å². The Morgan fingerprint density at radius 3 is 2.41 bits per heavy atom. The van der Waals surface area contributed by atoms with Gasteiger partial charge in [-0.1, -0.05) is 6.07 Å². The first-order valence-corrected chi connectivity index (χ1v) is 7.24. The lowest BCUT2D eigenvalue weighted by atomic mass is 10.1. The number of nitrogens with zero attached hydrogens (tertiary/aromatic N) is 1. The van der Waals surface area contributed by atoms with Gasteiger partial charge in [-0.3, -0.25) is 14.9 Å². The monoisotopic (exact) mass is 324 g/mol. The fourth-order valence-electron chi connectivity index (χ4n) is 1.78. The highest BCUT2D eigenvalue weighted by atomic mass is 32.2. The van der Waals surface area contributed by atoms with Crippen LogP contribution in [0.5, 0.6) is 0 Å². The summed E-state index contributed by atoms with van der Waals surface area (Å²) in [7, 11) is 0. The van der Waals surface area contributed by atoms with Crippen molar-refractivity contribution in [3.05, 3.63) is 63.7 Å². The fourth-order valence-corrected chi connectivity index (χ4v) is 2.22. The van der Waals surface area contributed by atoms with Gasteiger partial charge in [-0.05, 0) is 30.5 Å². The van der Waals surface area contributed by atoms with Gasteiger partial charge in [0.25, 0.3) is 11.6 Å². The number of halogens is 2. The van der Waals surface area contributed by atoms with Gasteiger partial charge >= 0.3 is 0 Å². The van der Waals surface area contributed by atoms with Crippen molar-refractivity contribution in [2.24, 2.45) is 0 Å². The highest BCUT2D eigenvalue weighted by molar-refractivity contribution is 7.98. The Labute approximate surface area is 128 Å². The van der Waals surface area contributed by atoms with Crippen LogP contribution in [0.1, 0.15) is 10.4 Å². The smallest absolute Gasteiger partial charge is 0.282 e. The van der Waals surface area contributed by atoms with E-state index in [1.54, 1.807) is 6.26 Å². The second kappa shape index (κ2) is 6.52. The molecule has 0 atom stereocenters. The van der Waals surface area contributed by atoms with E-state index in [1.165, 1.54) is 30.0 Å². The van der Waals surface area contributed by atoms with Crippen LogP contribution in [-0.2, 0) is 0 Å². The largest absolute Gasteiger partial charge is 0.317 e. The number of hydrogen-bond acceptors (Lipinski definition) is 4. The Bertz CT molecular complexity index is 733. The normalized spacial score (nSPS) is 10.3. The summed E-state index contributed by atoms with van der Waals surface area (Å²) >= 11 is 1.28. The first-order valence-electron chi connectivity index (χ1n) is 6.02. The molecular weight excluding hydrogens is 314 g/mol. The molecule has 2 aromatic rings. The minimum atomic E-state index is -0.961. The third-order valence-electron chi connectivity index (χ3n) is 2.85. The Kier molecular flexibility index (Phi) is 4.71. The lowest BCUT2D eigenvalue weighted by Crippen LogP contribution is -2.16. The summed E-state index contributed by atoms with van der Waals surface area (Å²) < 4.78 is 27.1. The second-order valence-electron chi connectivity index (χ2n) is 4.19. The van der Waals surface area contributed by atoms with Crippen molar-refractivity contribution in [3.8, 4) is 0 Å². The minimum absolute atomic E-state index is 0.264.